The summed E-state index contributed by atoms with van der Waals surface area (Å²) in [7, 11) is 0. The quantitative estimate of drug-likeness (QED) is 0.338. The molecule has 7 heteroatoms. The molecule has 0 aliphatic rings. The molecule has 27 heavy (non-hydrogen) atoms. The van der Waals surface area contributed by atoms with Crippen LogP contribution in [-0.2, 0) is 0 Å². The lowest BCUT2D eigenvalue weighted by atomic mass is 10.0. The first kappa shape index (κ1) is 15.3. The van der Waals surface area contributed by atoms with E-state index in [0.717, 1.165) is 21.7 Å². The molecule has 0 radical (unpaired) electrons. The van der Waals surface area contributed by atoms with Gasteiger partial charge >= 0.3 is 0 Å². The van der Waals surface area contributed by atoms with Crippen molar-refractivity contribution in [1.29, 1.82) is 0 Å². The van der Waals surface area contributed by atoms with Gasteiger partial charge in [0, 0.05) is 16.5 Å². The van der Waals surface area contributed by atoms with Gasteiger partial charge in [0.1, 0.15) is 11.3 Å². The molecule has 0 fully saturated rings. The Morgan fingerprint density at radius 3 is 2.67 bits per heavy atom. The lowest BCUT2D eigenvalue weighted by Gasteiger charge is -2.04. The van der Waals surface area contributed by atoms with Crippen LogP contribution < -0.4 is 5.43 Å². The first-order chi connectivity index (χ1) is 13.3. The number of rotatable bonds is 3. The maximum atomic E-state index is 10.2. The SMILES string of the molecule is Oc1ccc2ccccc2c1/C=N/Nc1nnc2c(n1)[nH]c1ccccc12. The molecule has 0 amide bonds. The van der Waals surface area contributed by atoms with Gasteiger partial charge < -0.3 is 10.1 Å². The van der Waals surface area contributed by atoms with Gasteiger partial charge in [-0.3, -0.25) is 0 Å². The number of phenolic OH excluding ortho intramolecular Hbond substituents is 1. The highest BCUT2D eigenvalue weighted by atomic mass is 16.3. The van der Waals surface area contributed by atoms with Gasteiger partial charge in [0.15, 0.2) is 5.65 Å². The third kappa shape index (κ3) is 2.62. The van der Waals surface area contributed by atoms with Gasteiger partial charge in [0.05, 0.1) is 6.21 Å². The Balaban J connectivity index is 1.48. The van der Waals surface area contributed by atoms with Gasteiger partial charge in [0.25, 0.3) is 5.95 Å². The lowest BCUT2D eigenvalue weighted by Crippen LogP contribution is -1.99. The molecule has 0 saturated heterocycles. The average molecular weight is 354 g/mol. The van der Waals surface area contributed by atoms with Crippen molar-refractivity contribution in [2.45, 2.75) is 0 Å². The summed E-state index contributed by atoms with van der Waals surface area (Å²) in [5.74, 6) is 0.425. The third-order valence-electron chi connectivity index (χ3n) is 4.43. The molecule has 0 aliphatic heterocycles. The van der Waals surface area contributed by atoms with Crippen molar-refractivity contribution in [1.82, 2.24) is 20.2 Å². The summed E-state index contributed by atoms with van der Waals surface area (Å²) in [4.78, 5) is 7.63. The second-order valence-corrected chi connectivity index (χ2v) is 6.09. The van der Waals surface area contributed by atoms with Gasteiger partial charge in [0.2, 0.25) is 0 Å². The predicted molar refractivity (Wildman–Crippen MR) is 106 cm³/mol. The Kier molecular flexibility index (Phi) is 3.43. The summed E-state index contributed by atoms with van der Waals surface area (Å²) in [5, 5.41) is 25.5. The van der Waals surface area contributed by atoms with E-state index in [0.29, 0.717) is 16.7 Å². The molecule has 7 nitrogen and oxygen atoms in total. The molecule has 2 heterocycles. The monoisotopic (exact) mass is 354 g/mol. The molecule has 5 rings (SSSR count). The standard InChI is InChI=1S/C20H14N6O/c27-17-10-9-12-5-1-2-6-13(12)15(17)11-21-25-20-23-19-18(24-26-20)14-7-3-4-8-16(14)22-19/h1-11,27H,(H2,22,23,25,26)/b21-11+. The fourth-order valence-corrected chi connectivity index (χ4v) is 3.14. The summed E-state index contributed by atoms with van der Waals surface area (Å²) < 4.78 is 0. The Hall–Kier alpha value is -4.00. The zero-order valence-corrected chi connectivity index (χ0v) is 14.1. The number of hydrogen-bond donors (Lipinski definition) is 3. The van der Waals surface area contributed by atoms with Crippen LogP contribution in [0.5, 0.6) is 5.75 Å². The van der Waals surface area contributed by atoms with Crippen LogP contribution in [-0.4, -0.2) is 31.5 Å². The number of fused-ring (bicyclic) bond motifs is 4. The van der Waals surface area contributed by atoms with Crippen LogP contribution in [0.2, 0.25) is 0 Å². The number of nitrogens with one attached hydrogen (secondary N) is 2. The molecular weight excluding hydrogens is 340 g/mol. The highest BCUT2D eigenvalue weighted by Gasteiger charge is 2.08. The topological polar surface area (TPSA) is 99.1 Å². The maximum Gasteiger partial charge on any atom is 0.265 e. The molecule has 2 aromatic heterocycles. The highest BCUT2D eigenvalue weighted by molar-refractivity contribution is 6.03. The molecule has 0 spiro atoms. The largest absolute Gasteiger partial charge is 0.507 e. The number of H-pyrrole nitrogens is 1. The lowest BCUT2D eigenvalue weighted by molar-refractivity contribution is 0.475. The number of benzene rings is 3. The fraction of sp³-hybridized carbons (Fsp3) is 0. The van der Waals surface area contributed by atoms with Crippen molar-refractivity contribution in [3.05, 3.63) is 66.2 Å². The normalized spacial score (nSPS) is 11.7. The van der Waals surface area contributed by atoms with Gasteiger partial charge in [-0.2, -0.15) is 10.1 Å². The number of aromatic hydroxyl groups is 1. The van der Waals surface area contributed by atoms with Crippen LogP contribution in [0.4, 0.5) is 5.95 Å². The van der Waals surface area contributed by atoms with E-state index in [2.05, 4.69) is 30.7 Å². The van der Waals surface area contributed by atoms with Crippen molar-refractivity contribution >= 4 is 45.0 Å². The Bertz CT molecular complexity index is 1320. The summed E-state index contributed by atoms with van der Waals surface area (Å²) in [6, 6.07) is 19.1. The van der Waals surface area contributed by atoms with Gasteiger partial charge in [-0.15, -0.1) is 10.2 Å². The number of para-hydroxylation sites is 1. The number of anilines is 1. The number of hydrogen-bond acceptors (Lipinski definition) is 6. The van der Waals surface area contributed by atoms with Crippen molar-refractivity contribution in [2.24, 2.45) is 5.10 Å². The van der Waals surface area contributed by atoms with E-state index in [4.69, 9.17) is 0 Å². The van der Waals surface area contributed by atoms with E-state index in [1.807, 2.05) is 54.6 Å². The molecule has 5 aromatic rings. The van der Waals surface area contributed by atoms with Crippen LogP contribution in [0.25, 0.3) is 32.8 Å². The Labute approximate surface area is 153 Å². The number of phenols is 1. The Morgan fingerprint density at radius 2 is 1.74 bits per heavy atom. The Morgan fingerprint density at radius 1 is 0.926 bits per heavy atom. The highest BCUT2D eigenvalue weighted by Crippen LogP contribution is 2.25. The van der Waals surface area contributed by atoms with Gasteiger partial charge in [-0.25, -0.2) is 5.43 Å². The fourth-order valence-electron chi connectivity index (χ4n) is 3.14. The van der Waals surface area contributed by atoms with Crippen LogP contribution >= 0.6 is 0 Å². The second-order valence-electron chi connectivity index (χ2n) is 6.09. The van der Waals surface area contributed by atoms with E-state index >= 15 is 0 Å². The van der Waals surface area contributed by atoms with Crippen LogP contribution in [0.3, 0.4) is 0 Å². The molecule has 130 valence electrons. The molecule has 0 atom stereocenters. The molecule has 0 bridgehead atoms. The van der Waals surface area contributed by atoms with E-state index in [-0.39, 0.29) is 11.7 Å². The molecule has 0 aliphatic carbocycles. The number of aromatic amines is 1. The van der Waals surface area contributed by atoms with E-state index in [9.17, 15) is 5.11 Å². The average Bonchev–Trinajstić information content (AvgIpc) is 3.07. The molecule has 3 aromatic carbocycles. The van der Waals surface area contributed by atoms with Crippen molar-refractivity contribution < 1.29 is 5.11 Å². The third-order valence-corrected chi connectivity index (χ3v) is 4.43. The summed E-state index contributed by atoms with van der Waals surface area (Å²) in [5.41, 5.74) is 5.71. The van der Waals surface area contributed by atoms with E-state index in [1.54, 1.807) is 12.3 Å². The summed E-state index contributed by atoms with van der Waals surface area (Å²) >= 11 is 0. The van der Waals surface area contributed by atoms with Crippen LogP contribution in [0, 0.1) is 0 Å². The van der Waals surface area contributed by atoms with E-state index in [1.165, 1.54) is 0 Å². The minimum absolute atomic E-state index is 0.157. The predicted octanol–water partition coefficient (Wildman–Crippen LogP) is 3.81. The minimum Gasteiger partial charge on any atom is -0.507 e. The van der Waals surface area contributed by atoms with Crippen molar-refractivity contribution in [3.63, 3.8) is 0 Å². The van der Waals surface area contributed by atoms with Crippen LogP contribution in [0.15, 0.2) is 65.8 Å². The summed E-state index contributed by atoms with van der Waals surface area (Å²) in [6.07, 6.45) is 1.55. The molecule has 3 N–H and O–H groups in total. The van der Waals surface area contributed by atoms with Gasteiger partial charge in [-0.1, -0.05) is 48.5 Å². The van der Waals surface area contributed by atoms with Crippen molar-refractivity contribution in [3.8, 4) is 5.75 Å². The zero-order chi connectivity index (χ0) is 18.2. The van der Waals surface area contributed by atoms with Gasteiger partial charge in [-0.05, 0) is 22.9 Å². The van der Waals surface area contributed by atoms with Crippen LogP contribution in [0.1, 0.15) is 5.56 Å². The molecule has 0 saturated carbocycles. The van der Waals surface area contributed by atoms with Crippen molar-refractivity contribution in [2.75, 3.05) is 5.43 Å². The number of aromatic nitrogens is 4. The van der Waals surface area contributed by atoms with E-state index < -0.39 is 0 Å². The summed E-state index contributed by atoms with van der Waals surface area (Å²) in [6.45, 7) is 0. The number of hydrazone groups is 1. The second kappa shape index (κ2) is 6.06. The smallest absolute Gasteiger partial charge is 0.265 e. The molecule has 0 unspecified atom stereocenters. The molecular formula is C20H14N6O. The minimum atomic E-state index is 0.157. The maximum absolute atomic E-state index is 10.2. The first-order valence-electron chi connectivity index (χ1n) is 8.40. The first-order valence-corrected chi connectivity index (χ1v) is 8.40. The zero-order valence-electron chi connectivity index (χ0n) is 14.1. The number of nitrogens with zero attached hydrogens (tertiary/aromatic N) is 4.